The molecular formula is C8H17Cl2N3. The number of hydrogen-bond donors (Lipinski definition) is 1. The van der Waals surface area contributed by atoms with Crippen LogP contribution in [0.25, 0.3) is 0 Å². The van der Waals surface area contributed by atoms with Crippen LogP contribution in [0.2, 0.25) is 0 Å². The molecule has 0 saturated carbocycles. The molecule has 1 aromatic rings. The van der Waals surface area contributed by atoms with Gasteiger partial charge < -0.3 is 4.98 Å². The highest BCUT2D eigenvalue weighted by molar-refractivity contribution is 5.85. The molecule has 0 aliphatic heterocycles. The first-order chi connectivity index (χ1) is 5.36. The largest absolute Gasteiger partial charge is 0.348 e. The van der Waals surface area contributed by atoms with E-state index >= 15 is 0 Å². The molecule has 0 atom stereocenters. The average Bonchev–Trinajstić information content (AvgIpc) is 2.52. The fourth-order valence-corrected chi connectivity index (χ4v) is 1.04. The Morgan fingerprint density at radius 3 is 2.31 bits per heavy atom. The summed E-state index contributed by atoms with van der Waals surface area (Å²) in [5, 5.41) is 0. The summed E-state index contributed by atoms with van der Waals surface area (Å²) in [5.74, 6) is 1.05. The van der Waals surface area contributed by atoms with E-state index in [-0.39, 0.29) is 24.8 Å². The lowest BCUT2D eigenvalue weighted by atomic mass is 10.4. The van der Waals surface area contributed by atoms with Gasteiger partial charge in [-0.25, -0.2) is 4.98 Å². The molecule has 0 radical (unpaired) electrons. The molecular weight excluding hydrogens is 209 g/mol. The Morgan fingerprint density at radius 2 is 1.92 bits per heavy atom. The van der Waals surface area contributed by atoms with Crippen molar-refractivity contribution < 1.29 is 0 Å². The van der Waals surface area contributed by atoms with E-state index in [4.69, 9.17) is 0 Å². The van der Waals surface area contributed by atoms with E-state index in [1.807, 2.05) is 6.20 Å². The van der Waals surface area contributed by atoms with E-state index in [0.717, 1.165) is 25.5 Å². The minimum atomic E-state index is 0. The normalized spacial score (nSPS) is 9.15. The van der Waals surface area contributed by atoms with Gasteiger partial charge in [0.1, 0.15) is 5.82 Å². The molecule has 3 nitrogen and oxygen atoms in total. The van der Waals surface area contributed by atoms with Gasteiger partial charge in [-0.15, -0.1) is 24.8 Å². The van der Waals surface area contributed by atoms with Crippen LogP contribution in [0.15, 0.2) is 12.4 Å². The molecule has 0 unspecified atom stereocenters. The van der Waals surface area contributed by atoms with E-state index in [2.05, 4.69) is 28.7 Å². The number of H-pyrrole nitrogens is 1. The summed E-state index contributed by atoms with van der Waals surface area (Å²) in [6.07, 6.45) is 3.65. The number of nitrogens with one attached hydrogen (secondary N) is 1. The summed E-state index contributed by atoms with van der Waals surface area (Å²) >= 11 is 0. The molecule has 0 aliphatic rings. The number of rotatable bonds is 4. The van der Waals surface area contributed by atoms with Crippen LogP contribution in [0.3, 0.4) is 0 Å². The molecule has 0 aromatic carbocycles. The lowest BCUT2D eigenvalue weighted by Gasteiger charge is -2.15. The molecule has 1 rings (SSSR count). The maximum atomic E-state index is 4.15. The van der Waals surface area contributed by atoms with Crippen molar-refractivity contribution in [3.63, 3.8) is 0 Å². The van der Waals surface area contributed by atoms with E-state index in [1.54, 1.807) is 6.20 Å². The molecule has 13 heavy (non-hydrogen) atoms. The van der Waals surface area contributed by atoms with Gasteiger partial charge in [0.2, 0.25) is 0 Å². The number of aromatic amines is 1. The molecule has 0 fully saturated rings. The van der Waals surface area contributed by atoms with Crippen LogP contribution < -0.4 is 0 Å². The van der Waals surface area contributed by atoms with Crippen molar-refractivity contribution in [3.05, 3.63) is 18.2 Å². The molecule has 78 valence electrons. The van der Waals surface area contributed by atoms with Gasteiger partial charge in [-0.3, -0.25) is 4.90 Å². The first-order valence-electron chi connectivity index (χ1n) is 4.07. The second-order valence-corrected chi connectivity index (χ2v) is 2.50. The van der Waals surface area contributed by atoms with Crippen molar-refractivity contribution in [2.45, 2.75) is 20.4 Å². The third-order valence-electron chi connectivity index (χ3n) is 1.82. The Balaban J connectivity index is 0. The molecule has 0 saturated heterocycles. The fourth-order valence-electron chi connectivity index (χ4n) is 1.04. The summed E-state index contributed by atoms with van der Waals surface area (Å²) in [6.45, 7) is 7.41. The Bertz CT molecular complexity index is 185. The number of imidazole rings is 1. The van der Waals surface area contributed by atoms with Gasteiger partial charge >= 0.3 is 0 Å². The molecule has 1 N–H and O–H groups in total. The smallest absolute Gasteiger partial charge is 0.120 e. The van der Waals surface area contributed by atoms with E-state index < -0.39 is 0 Å². The second kappa shape index (κ2) is 8.35. The topological polar surface area (TPSA) is 31.9 Å². The van der Waals surface area contributed by atoms with Crippen molar-refractivity contribution in [2.75, 3.05) is 13.1 Å². The van der Waals surface area contributed by atoms with Gasteiger partial charge in [0.15, 0.2) is 0 Å². The summed E-state index contributed by atoms with van der Waals surface area (Å²) in [7, 11) is 0. The summed E-state index contributed by atoms with van der Waals surface area (Å²) < 4.78 is 0. The van der Waals surface area contributed by atoms with Gasteiger partial charge in [0, 0.05) is 12.4 Å². The Kier molecular flexibility index (Phi) is 9.79. The number of aromatic nitrogens is 2. The molecule has 0 bridgehead atoms. The Hall–Kier alpha value is -0.250. The van der Waals surface area contributed by atoms with Crippen molar-refractivity contribution in [1.29, 1.82) is 0 Å². The van der Waals surface area contributed by atoms with Crippen LogP contribution in [0.4, 0.5) is 0 Å². The first kappa shape index (κ1) is 15.2. The third kappa shape index (κ3) is 5.13. The Labute approximate surface area is 91.8 Å². The van der Waals surface area contributed by atoms with Gasteiger partial charge in [0.25, 0.3) is 0 Å². The lowest BCUT2D eigenvalue weighted by Crippen LogP contribution is -2.22. The predicted molar refractivity (Wildman–Crippen MR) is 59.7 cm³/mol. The lowest BCUT2D eigenvalue weighted by molar-refractivity contribution is 0.289. The molecule has 1 aromatic heterocycles. The maximum absolute atomic E-state index is 4.15. The second-order valence-electron chi connectivity index (χ2n) is 2.50. The minimum Gasteiger partial charge on any atom is -0.348 e. The molecule has 0 spiro atoms. The third-order valence-corrected chi connectivity index (χ3v) is 1.82. The predicted octanol–water partition coefficient (Wildman–Crippen LogP) is 2.10. The van der Waals surface area contributed by atoms with Gasteiger partial charge in [-0.05, 0) is 13.1 Å². The van der Waals surface area contributed by atoms with Gasteiger partial charge in [0.05, 0.1) is 6.54 Å². The van der Waals surface area contributed by atoms with E-state index in [1.165, 1.54) is 0 Å². The highest BCUT2D eigenvalue weighted by atomic mass is 35.5. The average molecular weight is 226 g/mol. The maximum Gasteiger partial charge on any atom is 0.120 e. The van der Waals surface area contributed by atoms with Crippen LogP contribution in [-0.2, 0) is 6.54 Å². The van der Waals surface area contributed by atoms with Crippen molar-refractivity contribution >= 4 is 24.8 Å². The summed E-state index contributed by atoms with van der Waals surface area (Å²) in [5.41, 5.74) is 0. The summed E-state index contributed by atoms with van der Waals surface area (Å²) in [6, 6.07) is 0. The molecule has 1 heterocycles. The van der Waals surface area contributed by atoms with Crippen molar-refractivity contribution in [1.82, 2.24) is 14.9 Å². The molecule has 0 amide bonds. The number of halogens is 2. The zero-order valence-corrected chi connectivity index (χ0v) is 9.62. The number of hydrogen-bond acceptors (Lipinski definition) is 2. The zero-order valence-electron chi connectivity index (χ0n) is 7.99. The van der Waals surface area contributed by atoms with Crippen LogP contribution in [0.1, 0.15) is 19.7 Å². The highest BCUT2D eigenvalue weighted by Crippen LogP contribution is 1.96. The van der Waals surface area contributed by atoms with E-state index in [9.17, 15) is 0 Å². The van der Waals surface area contributed by atoms with Gasteiger partial charge in [-0.2, -0.15) is 0 Å². The quantitative estimate of drug-likeness (QED) is 0.852. The minimum absolute atomic E-state index is 0. The van der Waals surface area contributed by atoms with Gasteiger partial charge in [-0.1, -0.05) is 13.8 Å². The zero-order chi connectivity index (χ0) is 8.10. The summed E-state index contributed by atoms with van der Waals surface area (Å²) in [4.78, 5) is 9.56. The monoisotopic (exact) mass is 225 g/mol. The van der Waals surface area contributed by atoms with E-state index in [0.29, 0.717) is 0 Å². The van der Waals surface area contributed by atoms with Crippen molar-refractivity contribution in [2.24, 2.45) is 0 Å². The van der Waals surface area contributed by atoms with Crippen molar-refractivity contribution in [3.8, 4) is 0 Å². The first-order valence-corrected chi connectivity index (χ1v) is 4.07. The Morgan fingerprint density at radius 1 is 1.31 bits per heavy atom. The van der Waals surface area contributed by atoms with Crippen LogP contribution >= 0.6 is 24.8 Å². The molecule has 0 aliphatic carbocycles. The van der Waals surface area contributed by atoms with Crippen LogP contribution in [-0.4, -0.2) is 28.0 Å². The highest BCUT2D eigenvalue weighted by Gasteiger charge is 2.00. The van der Waals surface area contributed by atoms with Crippen LogP contribution in [0.5, 0.6) is 0 Å². The standard InChI is InChI=1S/C8H15N3.2ClH/c1-3-11(4-2)7-8-9-5-6-10-8;;/h5-6H,3-4,7H2,1-2H3,(H,9,10);2*1H. The fraction of sp³-hybridized carbons (Fsp3) is 0.625. The SMILES string of the molecule is CCN(CC)Cc1ncc[nH]1.Cl.Cl. The van der Waals surface area contributed by atoms with Crippen LogP contribution in [0, 0.1) is 0 Å². The molecule has 5 heteroatoms. The number of nitrogens with zero attached hydrogens (tertiary/aromatic N) is 2.